The van der Waals surface area contributed by atoms with Crippen LogP contribution in [0.3, 0.4) is 0 Å². The number of rotatable bonds is 8. The minimum absolute atomic E-state index is 0.925. The van der Waals surface area contributed by atoms with Crippen LogP contribution < -0.4 is 5.32 Å². The molecule has 0 aromatic heterocycles. The Hall–Kier alpha value is -0.0400. The van der Waals surface area contributed by atoms with E-state index in [0.29, 0.717) is 0 Å². The largest absolute Gasteiger partial charge is 0.316 e. The van der Waals surface area contributed by atoms with Gasteiger partial charge in [-0.1, -0.05) is 39.5 Å². The molecule has 0 aromatic carbocycles. The van der Waals surface area contributed by atoms with Crippen molar-refractivity contribution in [2.24, 2.45) is 23.7 Å². The second-order valence-corrected chi connectivity index (χ2v) is 6.51. The Morgan fingerprint density at radius 1 is 1.18 bits per heavy atom. The van der Waals surface area contributed by atoms with Gasteiger partial charge in [-0.15, -0.1) is 0 Å². The molecule has 2 saturated carbocycles. The summed E-state index contributed by atoms with van der Waals surface area (Å²) in [7, 11) is 0. The van der Waals surface area contributed by atoms with Gasteiger partial charge in [0.05, 0.1) is 0 Å². The molecule has 0 aromatic rings. The maximum absolute atomic E-state index is 3.77. The fraction of sp³-hybridized carbons (Fsp3) is 1.00. The summed E-state index contributed by atoms with van der Waals surface area (Å²) in [5, 5.41) is 3.77. The van der Waals surface area contributed by atoms with Crippen LogP contribution in [0.2, 0.25) is 0 Å². The van der Waals surface area contributed by atoms with Gasteiger partial charge >= 0.3 is 0 Å². The highest BCUT2D eigenvalue weighted by atomic mass is 14.9. The minimum Gasteiger partial charge on any atom is -0.316 e. The molecule has 2 aliphatic rings. The van der Waals surface area contributed by atoms with E-state index in [4.69, 9.17) is 0 Å². The SMILES string of the molecule is CCCCC(CC)CNCC1CC2CCC1C2. The minimum atomic E-state index is 0.925. The van der Waals surface area contributed by atoms with Crippen LogP contribution in [0.25, 0.3) is 0 Å². The van der Waals surface area contributed by atoms with Gasteiger partial charge in [-0.25, -0.2) is 0 Å². The predicted octanol–water partition coefficient (Wildman–Crippen LogP) is 4.23. The molecule has 17 heavy (non-hydrogen) atoms. The number of nitrogens with one attached hydrogen (secondary N) is 1. The maximum Gasteiger partial charge on any atom is -0.00176 e. The van der Waals surface area contributed by atoms with E-state index in [1.807, 2.05) is 0 Å². The van der Waals surface area contributed by atoms with Crippen LogP contribution in [-0.2, 0) is 0 Å². The lowest BCUT2D eigenvalue weighted by molar-refractivity contribution is 0.306. The van der Waals surface area contributed by atoms with Gasteiger partial charge in [-0.05, 0) is 62.4 Å². The summed E-state index contributed by atoms with van der Waals surface area (Å²) in [4.78, 5) is 0. The van der Waals surface area contributed by atoms with E-state index in [1.54, 1.807) is 6.42 Å². The van der Waals surface area contributed by atoms with Gasteiger partial charge in [0, 0.05) is 0 Å². The van der Waals surface area contributed by atoms with Crippen LogP contribution in [0.4, 0.5) is 0 Å². The van der Waals surface area contributed by atoms with E-state index >= 15 is 0 Å². The van der Waals surface area contributed by atoms with Crippen molar-refractivity contribution in [3.8, 4) is 0 Å². The topological polar surface area (TPSA) is 12.0 Å². The standard InChI is InChI=1S/C16H31N/c1-3-5-6-13(4-2)11-17-12-16-10-14-7-8-15(16)9-14/h13-17H,3-12H2,1-2H3. The Bertz CT molecular complexity index is 214. The van der Waals surface area contributed by atoms with Gasteiger partial charge in [-0.2, -0.15) is 0 Å². The van der Waals surface area contributed by atoms with Crippen molar-refractivity contribution in [1.29, 1.82) is 0 Å². The maximum atomic E-state index is 3.77. The third-order valence-corrected chi connectivity index (χ3v) is 5.27. The number of fused-ring (bicyclic) bond motifs is 2. The second kappa shape index (κ2) is 6.78. The first kappa shape index (κ1) is 13.4. The summed E-state index contributed by atoms with van der Waals surface area (Å²) in [5.74, 6) is 4.14. The Morgan fingerprint density at radius 3 is 2.65 bits per heavy atom. The van der Waals surface area contributed by atoms with Crippen molar-refractivity contribution in [1.82, 2.24) is 5.32 Å². The zero-order valence-corrected chi connectivity index (χ0v) is 11.9. The molecule has 1 heteroatoms. The molecule has 0 heterocycles. The molecule has 2 fully saturated rings. The first-order chi connectivity index (χ1) is 8.33. The molecule has 2 bridgehead atoms. The fourth-order valence-corrected chi connectivity index (χ4v) is 4.04. The first-order valence-electron chi connectivity index (χ1n) is 8.04. The summed E-state index contributed by atoms with van der Waals surface area (Å²) in [6.07, 6.45) is 11.7. The lowest BCUT2D eigenvalue weighted by Crippen LogP contribution is -2.30. The van der Waals surface area contributed by atoms with E-state index in [9.17, 15) is 0 Å². The molecule has 0 amide bonds. The molecule has 2 aliphatic carbocycles. The molecule has 4 unspecified atom stereocenters. The van der Waals surface area contributed by atoms with Crippen LogP contribution in [0, 0.1) is 23.7 Å². The van der Waals surface area contributed by atoms with Crippen molar-refractivity contribution in [2.75, 3.05) is 13.1 Å². The zero-order chi connectivity index (χ0) is 12.1. The first-order valence-corrected chi connectivity index (χ1v) is 8.04. The van der Waals surface area contributed by atoms with Crippen molar-refractivity contribution in [2.45, 2.75) is 65.2 Å². The Labute approximate surface area is 108 Å². The van der Waals surface area contributed by atoms with E-state index in [-0.39, 0.29) is 0 Å². The lowest BCUT2D eigenvalue weighted by atomic mass is 9.88. The Morgan fingerprint density at radius 2 is 2.06 bits per heavy atom. The van der Waals surface area contributed by atoms with Crippen molar-refractivity contribution in [3.05, 3.63) is 0 Å². The van der Waals surface area contributed by atoms with Gasteiger partial charge in [-0.3, -0.25) is 0 Å². The molecule has 4 atom stereocenters. The third-order valence-electron chi connectivity index (χ3n) is 5.27. The Kier molecular flexibility index (Phi) is 5.34. The summed E-state index contributed by atoms with van der Waals surface area (Å²) in [6, 6.07) is 0. The summed E-state index contributed by atoms with van der Waals surface area (Å²) >= 11 is 0. The van der Waals surface area contributed by atoms with Crippen molar-refractivity contribution >= 4 is 0 Å². The Balaban J connectivity index is 1.58. The van der Waals surface area contributed by atoms with Gasteiger partial charge in [0.15, 0.2) is 0 Å². The highest BCUT2D eigenvalue weighted by Gasteiger charge is 2.38. The van der Waals surface area contributed by atoms with Crippen molar-refractivity contribution < 1.29 is 0 Å². The molecular formula is C16H31N. The zero-order valence-electron chi connectivity index (χ0n) is 11.9. The lowest BCUT2D eigenvalue weighted by Gasteiger charge is -2.23. The van der Waals surface area contributed by atoms with Crippen molar-refractivity contribution in [3.63, 3.8) is 0 Å². The van der Waals surface area contributed by atoms with Gasteiger partial charge in [0.25, 0.3) is 0 Å². The number of hydrogen-bond acceptors (Lipinski definition) is 1. The average molecular weight is 237 g/mol. The summed E-state index contributed by atoms with van der Waals surface area (Å²) in [6.45, 7) is 7.23. The molecule has 1 nitrogen and oxygen atoms in total. The van der Waals surface area contributed by atoms with Gasteiger partial charge < -0.3 is 5.32 Å². The quantitative estimate of drug-likeness (QED) is 0.666. The van der Waals surface area contributed by atoms with Crippen LogP contribution in [0.1, 0.15) is 65.2 Å². The van der Waals surface area contributed by atoms with E-state index in [2.05, 4.69) is 19.2 Å². The summed E-state index contributed by atoms with van der Waals surface area (Å²) < 4.78 is 0. The van der Waals surface area contributed by atoms with Crippen LogP contribution in [0.5, 0.6) is 0 Å². The highest BCUT2D eigenvalue weighted by Crippen LogP contribution is 2.47. The third kappa shape index (κ3) is 3.71. The normalized spacial score (nSPS) is 33.2. The molecule has 100 valence electrons. The molecule has 1 N–H and O–H groups in total. The molecule has 0 aliphatic heterocycles. The number of hydrogen-bond donors (Lipinski definition) is 1. The average Bonchev–Trinajstić information content (AvgIpc) is 2.95. The summed E-state index contributed by atoms with van der Waals surface area (Å²) in [5.41, 5.74) is 0. The molecule has 2 rings (SSSR count). The molecule has 0 spiro atoms. The van der Waals surface area contributed by atoms with Gasteiger partial charge in [0.2, 0.25) is 0 Å². The van der Waals surface area contributed by atoms with Crippen LogP contribution in [0.15, 0.2) is 0 Å². The van der Waals surface area contributed by atoms with E-state index in [0.717, 1.165) is 23.7 Å². The molecular weight excluding hydrogens is 206 g/mol. The van der Waals surface area contributed by atoms with Gasteiger partial charge in [0.1, 0.15) is 0 Å². The van der Waals surface area contributed by atoms with Crippen LogP contribution in [-0.4, -0.2) is 13.1 Å². The van der Waals surface area contributed by atoms with E-state index in [1.165, 1.54) is 58.0 Å². The number of unbranched alkanes of at least 4 members (excludes halogenated alkanes) is 1. The molecule has 0 radical (unpaired) electrons. The fourth-order valence-electron chi connectivity index (χ4n) is 4.04. The second-order valence-electron chi connectivity index (χ2n) is 6.51. The highest BCUT2D eigenvalue weighted by molar-refractivity contribution is 4.90. The molecule has 0 saturated heterocycles. The monoisotopic (exact) mass is 237 g/mol. The van der Waals surface area contributed by atoms with E-state index < -0.39 is 0 Å². The predicted molar refractivity (Wildman–Crippen MR) is 75.1 cm³/mol. The van der Waals surface area contributed by atoms with Crippen LogP contribution >= 0.6 is 0 Å². The smallest absolute Gasteiger partial charge is 0.00176 e.